The third kappa shape index (κ3) is 3.58. The summed E-state index contributed by atoms with van der Waals surface area (Å²) in [5.41, 5.74) is 0.358. The molecule has 2 atom stereocenters. The Morgan fingerprint density at radius 2 is 2.19 bits per heavy atom. The summed E-state index contributed by atoms with van der Waals surface area (Å²) in [5, 5.41) is 6.44. The standard InChI is InChI=1S/C18H21FN4O3/c1-3-23-16(24)9-8-13(17(23)12-6-4-5-7-14(12)19)18(25)20-10-15-21-11(2)22-26-15/h4-7,13,17H,3,8-10H2,1-2H3,(H,20,25)/t13-,17+/m1/s1. The maximum atomic E-state index is 14.4. The van der Waals surface area contributed by atoms with Crippen molar-refractivity contribution in [3.05, 3.63) is 47.4 Å². The van der Waals surface area contributed by atoms with Crippen molar-refractivity contribution in [1.29, 1.82) is 0 Å². The molecular weight excluding hydrogens is 339 g/mol. The smallest absolute Gasteiger partial charge is 0.246 e. The molecule has 1 aliphatic heterocycles. The van der Waals surface area contributed by atoms with Crippen LogP contribution in [0, 0.1) is 18.7 Å². The number of aromatic nitrogens is 2. The lowest BCUT2D eigenvalue weighted by Gasteiger charge is -2.40. The molecule has 1 saturated heterocycles. The van der Waals surface area contributed by atoms with Gasteiger partial charge in [-0.2, -0.15) is 4.98 Å². The van der Waals surface area contributed by atoms with Crippen LogP contribution >= 0.6 is 0 Å². The molecule has 8 heteroatoms. The minimum atomic E-state index is -0.633. The van der Waals surface area contributed by atoms with Gasteiger partial charge in [0.1, 0.15) is 5.82 Å². The van der Waals surface area contributed by atoms with E-state index in [1.807, 2.05) is 6.92 Å². The summed E-state index contributed by atoms with van der Waals surface area (Å²) in [6, 6.07) is 5.64. The number of likely N-dealkylation sites (tertiary alicyclic amines) is 1. The van der Waals surface area contributed by atoms with E-state index in [4.69, 9.17) is 4.52 Å². The van der Waals surface area contributed by atoms with E-state index >= 15 is 0 Å². The number of rotatable bonds is 5. The van der Waals surface area contributed by atoms with Crippen LogP contribution in [0.3, 0.4) is 0 Å². The van der Waals surface area contributed by atoms with Crippen molar-refractivity contribution in [2.75, 3.05) is 6.54 Å². The van der Waals surface area contributed by atoms with Gasteiger partial charge in [-0.25, -0.2) is 4.39 Å². The normalized spacial score (nSPS) is 20.3. The van der Waals surface area contributed by atoms with E-state index in [-0.39, 0.29) is 24.8 Å². The molecule has 2 heterocycles. The van der Waals surface area contributed by atoms with Crippen LogP contribution in [0.1, 0.15) is 43.1 Å². The predicted octanol–water partition coefficient (Wildman–Crippen LogP) is 2.13. The van der Waals surface area contributed by atoms with Gasteiger partial charge in [-0.1, -0.05) is 23.4 Å². The van der Waals surface area contributed by atoms with Gasteiger partial charge in [-0.15, -0.1) is 0 Å². The van der Waals surface area contributed by atoms with E-state index in [0.717, 1.165) is 0 Å². The lowest BCUT2D eigenvalue weighted by atomic mass is 9.83. The molecule has 0 spiro atoms. The predicted molar refractivity (Wildman–Crippen MR) is 90.1 cm³/mol. The quantitative estimate of drug-likeness (QED) is 0.882. The molecule has 7 nitrogen and oxygen atoms in total. The first kappa shape index (κ1) is 18.0. The molecule has 3 rings (SSSR count). The molecule has 0 unspecified atom stereocenters. The van der Waals surface area contributed by atoms with Crippen LogP contribution in [0.5, 0.6) is 0 Å². The summed E-state index contributed by atoms with van der Waals surface area (Å²) in [4.78, 5) is 30.7. The molecular formula is C18H21FN4O3. The van der Waals surface area contributed by atoms with E-state index < -0.39 is 17.8 Å². The number of halogens is 1. The summed E-state index contributed by atoms with van der Waals surface area (Å²) in [6.45, 7) is 4.02. The molecule has 138 valence electrons. The fraction of sp³-hybridized carbons (Fsp3) is 0.444. The lowest BCUT2D eigenvalue weighted by Crippen LogP contribution is -2.48. The van der Waals surface area contributed by atoms with E-state index in [2.05, 4.69) is 15.5 Å². The van der Waals surface area contributed by atoms with Crippen molar-refractivity contribution in [2.24, 2.45) is 5.92 Å². The average molecular weight is 360 g/mol. The van der Waals surface area contributed by atoms with Crippen LogP contribution in [0.2, 0.25) is 0 Å². The largest absolute Gasteiger partial charge is 0.347 e. The monoisotopic (exact) mass is 360 g/mol. The van der Waals surface area contributed by atoms with Gasteiger partial charge in [0.25, 0.3) is 0 Å². The van der Waals surface area contributed by atoms with Crippen LogP contribution in [-0.4, -0.2) is 33.4 Å². The van der Waals surface area contributed by atoms with Crippen LogP contribution in [0.4, 0.5) is 4.39 Å². The van der Waals surface area contributed by atoms with Crippen LogP contribution in [0.15, 0.2) is 28.8 Å². The highest BCUT2D eigenvalue weighted by Gasteiger charge is 2.41. The van der Waals surface area contributed by atoms with Crippen LogP contribution < -0.4 is 5.32 Å². The lowest BCUT2D eigenvalue weighted by molar-refractivity contribution is -0.143. The summed E-state index contributed by atoms with van der Waals surface area (Å²) in [7, 11) is 0. The number of piperidine rings is 1. The first-order valence-electron chi connectivity index (χ1n) is 8.62. The zero-order valence-corrected chi connectivity index (χ0v) is 14.7. The zero-order chi connectivity index (χ0) is 18.7. The highest BCUT2D eigenvalue weighted by molar-refractivity contribution is 5.85. The summed E-state index contributed by atoms with van der Waals surface area (Å²) >= 11 is 0. The first-order chi connectivity index (χ1) is 12.5. The van der Waals surface area contributed by atoms with Gasteiger partial charge in [0.15, 0.2) is 5.82 Å². The number of hydrogen-bond donors (Lipinski definition) is 1. The Labute approximate surface area is 150 Å². The van der Waals surface area contributed by atoms with Gasteiger partial charge in [0, 0.05) is 18.5 Å². The van der Waals surface area contributed by atoms with Crippen molar-refractivity contribution >= 4 is 11.8 Å². The van der Waals surface area contributed by atoms with Crippen LogP contribution in [-0.2, 0) is 16.1 Å². The van der Waals surface area contributed by atoms with Crippen LogP contribution in [0.25, 0.3) is 0 Å². The maximum Gasteiger partial charge on any atom is 0.246 e. The number of hydrogen-bond acceptors (Lipinski definition) is 5. The molecule has 0 bridgehead atoms. The number of carbonyl (C=O) groups excluding carboxylic acids is 2. The van der Waals surface area contributed by atoms with Crippen molar-refractivity contribution in [1.82, 2.24) is 20.4 Å². The molecule has 0 aliphatic carbocycles. The third-order valence-electron chi connectivity index (χ3n) is 4.59. The minimum absolute atomic E-state index is 0.0719. The highest BCUT2D eigenvalue weighted by Crippen LogP contribution is 2.37. The molecule has 1 N–H and O–H groups in total. The first-order valence-corrected chi connectivity index (χ1v) is 8.62. The highest BCUT2D eigenvalue weighted by atomic mass is 19.1. The minimum Gasteiger partial charge on any atom is -0.347 e. The third-order valence-corrected chi connectivity index (χ3v) is 4.59. The van der Waals surface area contributed by atoms with Crippen molar-refractivity contribution < 1.29 is 18.5 Å². The van der Waals surface area contributed by atoms with E-state index in [1.54, 1.807) is 30.0 Å². The summed E-state index contributed by atoms with van der Waals surface area (Å²) < 4.78 is 19.4. The molecule has 0 radical (unpaired) electrons. The number of nitrogens with one attached hydrogen (secondary N) is 1. The molecule has 1 aromatic heterocycles. The molecule has 1 aromatic carbocycles. The van der Waals surface area contributed by atoms with E-state index in [0.29, 0.717) is 30.2 Å². The summed E-state index contributed by atoms with van der Waals surface area (Å²) in [6.07, 6.45) is 0.625. The SMILES string of the molecule is CCN1C(=O)CC[C@@H](C(=O)NCc2nc(C)no2)[C@@H]1c1ccccc1F. The maximum absolute atomic E-state index is 14.4. The van der Waals surface area contributed by atoms with Gasteiger partial charge >= 0.3 is 0 Å². The van der Waals surface area contributed by atoms with E-state index in [1.165, 1.54) is 6.07 Å². The fourth-order valence-corrected chi connectivity index (χ4v) is 3.41. The zero-order valence-electron chi connectivity index (χ0n) is 14.7. The molecule has 2 aromatic rings. The Hall–Kier alpha value is -2.77. The second kappa shape index (κ2) is 7.63. The van der Waals surface area contributed by atoms with Gasteiger partial charge in [0.2, 0.25) is 17.7 Å². The topological polar surface area (TPSA) is 88.3 Å². The molecule has 26 heavy (non-hydrogen) atoms. The Kier molecular flexibility index (Phi) is 5.29. The molecule has 1 fully saturated rings. The van der Waals surface area contributed by atoms with Gasteiger partial charge in [0.05, 0.1) is 18.5 Å². The molecule has 1 aliphatic rings. The Morgan fingerprint density at radius 1 is 1.42 bits per heavy atom. The summed E-state index contributed by atoms with van der Waals surface area (Å²) in [5.74, 6) is -0.515. The number of amides is 2. The number of benzene rings is 1. The van der Waals surface area contributed by atoms with Gasteiger partial charge < -0.3 is 14.7 Å². The molecule has 2 amide bonds. The van der Waals surface area contributed by atoms with Crippen molar-refractivity contribution in [3.63, 3.8) is 0 Å². The Balaban J connectivity index is 1.83. The number of nitrogens with zero attached hydrogens (tertiary/aromatic N) is 3. The van der Waals surface area contributed by atoms with Gasteiger partial charge in [-0.05, 0) is 26.3 Å². The second-order valence-corrected chi connectivity index (χ2v) is 6.24. The average Bonchev–Trinajstić information content (AvgIpc) is 3.05. The van der Waals surface area contributed by atoms with Crippen molar-refractivity contribution in [3.8, 4) is 0 Å². The molecule has 0 saturated carbocycles. The Bertz CT molecular complexity index is 807. The Morgan fingerprint density at radius 3 is 2.85 bits per heavy atom. The number of aryl methyl sites for hydroxylation is 1. The second-order valence-electron chi connectivity index (χ2n) is 6.24. The van der Waals surface area contributed by atoms with Crippen molar-refractivity contribution in [2.45, 2.75) is 39.3 Å². The fourth-order valence-electron chi connectivity index (χ4n) is 3.41. The van der Waals surface area contributed by atoms with Gasteiger partial charge in [-0.3, -0.25) is 9.59 Å². The number of carbonyl (C=O) groups is 2. The van der Waals surface area contributed by atoms with E-state index in [9.17, 15) is 14.0 Å².